The van der Waals surface area contributed by atoms with Gasteiger partial charge < -0.3 is 24.4 Å². The van der Waals surface area contributed by atoms with Crippen LogP contribution in [0.25, 0.3) is 11.3 Å². The van der Waals surface area contributed by atoms with Crippen molar-refractivity contribution in [2.45, 2.75) is 32.2 Å². The number of carbonyl (C=O) groups is 2. The number of aryl methyl sites for hydroxylation is 1. The number of hydrogen-bond donors (Lipinski definition) is 1. The second-order valence-electron chi connectivity index (χ2n) is 8.89. The fraction of sp³-hybridized carbons (Fsp3) is 0.333. The maximum absolute atomic E-state index is 13.2. The van der Waals surface area contributed by atoms with Crippen LogP contribution in [0.1, 0.15) is 35.4 Å². The molecule has 37 heavy (non-hydrogen) atoms. The molecule has 2 aliphatic rings. The van der Waals surface area contributed by atoms with E-state index in [1.54, 1.807) is 42.2 Å². The van der Waals surface area contributed by atoms with Gasteiger partial charge in [0.2, 0.25) is 11.8 Å². The molecule has 192 valence electrons. The van der Waals surface area contributed by atoms with E-state index in [4.69, 9.17) is 14.2 Å². The van der Waals surface area contributed by atoms with Crippen molar-refractivity contribution in [3.05, 3.63) is 59.7 Å². The highest BCUT2D eigenvalue weighted by Crippen LogP contribution is 2.37. The number of nitrogens with one attached hydrogen (secondary N) is 1. The maximum atomic E-state index is 13.2. The molecule has 10 heteroatoms. The first-order valence-corrected chi connectivity index (χ1v) is 12.1. The van der Waals surface area contributed by atoms with Crippen LogP contribution in [0.2, 0.25) is 0 Å². The molecule has 2 amide bonds. The van der Waals surface area contributed by atoms with Gasteiger partial charge in [-0.05, 0) is 50.1 Å². The first-order valence-electron chi connectivity index (χ1n) is 12.1. The number of benzene rings is 2. The zero-order valence-electron chi connectivity index (χ0n) is 20.6. The summed E-state index contributed by atoms with van der Waals surface area (Å²) in [6.45, 7) is 2.97. The lowest BCUT2D eigenvalue weighted by Gasteiger charge is -2.20. The van der Waals surface area contributed by atoms with Gasteiger partial charge in [0.05, 0.1) is 37.3 Å². The lowest BCUT2D eigenvalue weighted by Crippen LogP contribution is -2.40. The van der Waals surface area contributed by atoms with E-state index >= 15 is 0 Å². The van der Waals surface area contributed by atoms with E-state index in [-0.39, 0.29) is 17.6 Å². The van der Waals surface area contributed by atoms with Gasteiger partial charge in [-0.25, -0.2) is 9.37 Å². The zero-order chi connectivity index (χ0) is 25.9. The van der Waals surface area contributed by atoms with E-state index in [0.717, 1.165) is 12.0 Å². The number of nitrogens with zero attached hydrogens (tertiary/aromatic N) is 3. The van der Waals surface area contributed by atoms with Gasteiger partial charge in [0, 0.05) is 30.7 Å². The Morgan fingerprint density at radius 3 is 2.62 bits per heavy atom. The number of amides is 2. The molecule has 0 unspecified atom stereocenters. The summed E-state index contributed by atoms with van der Waals surface area (Å²) in [5.41, 5.74) is 2.22. The molecule has 0 bridgehead atoms. The lowest BCUT2D eigenvalue weighted by molar-refractivity contribution is -0.119. The Labute approximate surface area is 213 Å². The van der Waals surface area contributed by atoms with Gasteiger partial charge in [0.25, 0.3) is 5.91 Å². The predicted molar refractivity (Wildman–Crippen MR) is 133 cm³/mol. The topological polar surface area (TPSA) is 103 Å². The third kappa shape index (κ3) is 5.18. The molecule has 9 nitrogen and oxygen atoms in total. The molecule has 1 saturated heterocycles. The summed E-state index contributed by atoms with van der Waals surface area (Å²) in [4.78, 5) is 36.0. The molecular weight excluding hydrogens is 479 g/mol. The Hall–Kier alpha value is -4.21. The molecule has 2 aromatic carbocycles. The Morgan fingerprint density at radius 2 is 1.84 bits per heavy atom. The molecule has 0 radical (unpaired) electrons. The van der Waals surface area contributed by atoms with Crippen LogP contribution in [0.3, 0.4) is 0 Å². The average Bonchev–Trinajstić information content (AvgIpc) is 3.35. The summed E-state index contributed by atoms with van der Waals surface area (Å²) >= 11 is 0. The molecule has 1 atom stereocenters. The quantitative estimate of drug-likeness (QED) is 0.461. The Balaban J connectivity index is 1.22. The predicted octanol–water partition coefficient (Wildman–Crippen LogP) is 4.00. The van der Waals surface area contributed by atoms with Gasteiger partial charge in [-0.15, -0.1) is 0 Å². The second-order valence-corrected chi connectivity index (χ2v) is 8.89. The van der Waals surface area contributed by atoms with E-state index in [1.165, 1.54) is 19.2 Å². The largest absolute Gasteiger partial charge is 0.493 e. The standard InChI is InChI=1S/C27H27FN4O5/c1-16-29-20(17-6-8-18(28)9-7-17)15-25(30-16)37-12-4-11-36-24-14-21-19(13-23(24)35-2)27(34)32-10-3-5-22(32)26(33)31-21/h6-9,13-15,22H,3-5,10-12H2,1-2H3,(H,31,33)/t22-/m0/s1. The van der Waals surface area contributed by atoms with Crippen molar-refractivity contribution in [2.24, 2.45) is 0 Å². The Morgan fingerprint density at radius 1 is 1.05 bits per heavy atom. The molecular formula is C27H27FN4O5. The molecule has 1 aromatic heterocycles. The zero-order valence-corrected chi connectivity index (χ0v) is 20.6. The van der Waals surface area contributed by atoms with Crippen molar-refractivity contribution in [1.29, 1.82) is 0 Å². The van der Waals surface area contributed by atoms with Crippen molar-refractivity contribution in [2.75, 3.05) is 32.2 Å². The number of methoxy groups -OCH3 is 1. The number of halogens is 1. The van der Waals surface area contributed by atoms with Crippen LogP contribution in [0.5, 0.6) is 17.4 Å². The van der Waals surface area contributed by atoms with Gasteiger partial charge in [0.15, 0.2) is 11.5 Å². The molecule has 3 aromatic rings. The van der Waals surface area contributed by atoms with Crippen LogP contribution in [-0.2, 0) is 4.79 Å². The Kier molecular flexibility index (Phi) is 6.89. The molecule has 2 aliphatic heterocycles. The second kappa shape index (κ2) is 10.4. The smallest absolute Gasteiger partial charge is 0.256 e. The fourth-order valence-corrected chi connectivity index (χ4v) is 4.57. The minimum absolute atomic E-state index is 0.186. The van der Waals surface area contributed by atoms with Gasteiger partial charge >= 0.3 is 0 Å². The van der Waals surface area contributed by atoms with Crippen LogP contribution < -0.4 is 19.5 Å². The number of carbonyl (C=O) groups excluding carboxylic acids is 2. The summed E-state index contributed by atoms with van der Waals surface area (Å²) < 4.78 is 30.4. The first kappa shape index (κ1) is 24.5. The van der Waals surface area contributed by atoms with E-state index in [1.807, 2.05) is 0 Å². The van der Waals surface area contributed by atoms with E-state index in [9.17, 15) is 14.0 Å². The molecule has 1 fully saturated rings. The normalized spacial score (nSPS) is 16.5. The van der Waals surface area contributed by atoms with Gasteiger partial charge in [-0.2, -0.15) is 4.98 Å². The maximum Gasteiger partial charge on any atom is 0.256 e. The summed E-state index contributed by atoms with van der Waals surface area (Å²) in [6, 6.07) is 10.6. The molecule has 5 rings (SSSR count). The van der Waals surface area contributed by atoms with Crippen molar-refractivity contribution < 1.29 is 28.2 Å². The van der Waals surface area contributed by atoms with Gasteiger partial charge in [-0.3, -0.25) is 9.59 Å². The highest BCUT2D eigenvalue weighted by atomic mass is 19.1. The van der Waals surface area contributed by atoms with Crippen LogP contribution in [-0.4, -0.2) is 59.6 Å². The molecule has 0 aliphatic carbocycles. The molecule has 3 heterocycles. The number of aromatic nitrogens is 2. The van der Waals surface area contributed by atoms with Crippen molar-refractivity contribution in [1.82, 2.24) is 14.9 Å². The lowest BCUT2D eigenvalue weighted by atomic mass is 10.1. The summed E-state index contributed by atoms with van der Waals surface area (Å²) in [7, 11) is 1.51. The monoisotopic (exact) mass is 506 g/mol. The van der Waals surface area contributed by atoms with Crippen LogP contribution in [0.4, 0.5) is 10.1 Å². The minimum atomic E-state index is -0.443. The minimum Gasteiger partial charge on any atom is -0.493 e. The van der Waals surface area contributed by atoms with E-state index < -0.39 is 6.04 Å². The Bertz CT molecular complexity index is 1330. The number of fused-ring (bicyclic) bond motifs is 2. The first-order chi connectivity index (χ1) is 17.9. The third-order valence-electron chi connectivity index (χ3n) is 6.36. The molecule has 0 spiro atoms. The molecule has 0 saturated carbocycles. The van der Waals surface area contributed by atoms with Crippen LogP contribution >= 0.6 is 0 Å². The van der Waals surface area contributed by atoms with Crippen molar-refractivity contribution in [3.8, 4) is 28.6 Å². The number of hydrogen-bond acceptors (Lipinski definition) is 7. The highest BCUT2D eigenvalue weighted by Gasteiger charge is 2.39. The van der Waals surface area contributed by atoms with Gasteiger partial charge in [-0.1, -0.05) is 0 Å². The van der Waals surface area contributed by atoms with Gasteiger partial charge in [0.1, 0.15) is 17.7 Å². The highest BCUT2D eigenvalue weighted by molar-refractivity contribution is 6.10. The van der Waals surface area contributed by atoms with Crippen molar-refractivity contribution in [3.63, 3.8) is 0 Å². The number of rotatable bonds is 8. The molecule has 1 N–H and O–H groups in total. The summed E-state index contributed by atoms with van der Waals surface area (Å²) in [5, 5.41) is 2.87. The number of anilines is 1. The fourth-order valence-electron chi connectivity index (χ4n) is 4.57. The summed E-state index contributed by atoms with van der Waals surface area (Å²) in [6.07, 6.45) is 2.00. The van der Waals surface area contributed by atoms with E-state index in [2.05, 4.69) is 15.3 Å². The average molecular weight is 507 g/mol. The SMILES string of the molecule is COc1cc2c(cc1OCCCOc1cc(-c3ccc(F)cc3)nc(C)n1)NC(=O)[C@@H]1CCCN1C2=O. The van der Waals surface area contributed by atoms with Crippen LogP contribution in [0, 0.1) is 12.7 Å². The summed E-state index contributed by atoms with van der Waals surface area (Å²) in [5.74, 6) is 1.11. The van der Waals surface area contributed by atoms with E-state index in [0.29, 0.717) is 72.7 Å². The third-order valence-corrected chi connectivity index (χ3v) is 6.36. The number of ether oxygens (including phenoxy) is 3. The van der Waals surface area contributed by atoms with Crippen LogP contribution in [0.15, 0.2) is 42.5 Å². The van der Waals surface area contributed by atoms with Crippen molar-refractivity contribution >= 4 is 17.5 Å².